The summed E-state index contributed by atoms with van der Waals surface area (Å²) in [6.45, 7) is 3.33. The Morgan fingerprint density at radius 3 is 2.84 bits per heavy atom. The summed E-state index contributed by atoms with van der Waals surface area (Å²) in [5, 5.41) is 9.06. The number of carboxylic acid groups (broad SMARTS) is 1. The number of carboxylic acids is 1. The highest BCUT2D eigenvalue weighted by atomic mass is 16.5. The zero-order valence-electron chi connectivity index (χ0n) is 11.2. The summed E-state index contributed by atoms with van der Waals surface area (Å²) in [5.74, 6) is -1.17. The van der Waals surface area contributed by atoms with Gasteiger partial charge in [0, 0.05) is 13.2 Å². The number of amides is 1. The van der Waals surface area contributed by atoms with E-state index in [2.05, 4.69) is 0 Å². The molecule has 3 unspecified atom stereocenters. The summed E-state index contributed by atoms with van der Waals surface area (Å²) >= 11 is 0. The summed E-state index contributed by atoms with van der Waals surface area (Å²) in [5.41, 5.74) is 0. The molecule has 1 N–H and O–H groups in total. The van der Waals surface area contributed by atoms with Crippen molar-refractivity contribution in [2.75, 3.05) is 19.8 Å². The largest absolute Gasteiger partial charge is 0.480 e. The van der Waals surface area contributed by atoms with Gasteiger partial charge in [-0.3, -0.25) is 4.79 Å². The van der Waals surface area contributed by atoms with E-state index < -0.39 is 18.1 Å². The third-order valence-corrected chi connectivity index (χ3v) is 3.72. The Labute approximate surface area is 112 Å². The highest BCUT2D eigenvalue weighted by molar-refractivity contribution is 5.86. The fraction of sp³-hybridized carbons (Fsp3) is 0.846. The van der Waals surface area contributed by atoms with Crippen LogP contribution in [0.15, 0.2) is 0 Å². The molecule has 1 amide bonds. The molecule has 2 aliphatic rings. The maximum Gasteiger partial charge on any atom is 0.326 e. The first-order chi connectivity index (χ1) is 9.09. The second kappa shape index (κ2) is 6.34. The number of carbonyl (C=O) groups excluding carboxylic acids is 1. The molecule has 108 valence electrons. The molecule has 2 rings (SSSR count). The minimum Gasteiger partial charge on any atom is -0.480 e. The van der Waals surface area contributed by atoms with Gasteiger partial charge in [0.1, 0.15) is 12.1 Å². The normalized spacial score (nSPS) is 28.6. The van der Waals surface area contributed by atoms with Crippen molar-refractivity contribution in [2.45, 2.75) is 50.9 Å². The van der Waals surface area contributed by atoms with Crippen LogP contribution >= 0.6 is 0 Å². The molecule has 0 radical (unpaired) electrons. The van der Waals surface area contributed by atoms with Crippen LogP contribution in [-0.2, 0) is 19.1 Å². The summed E-state index contributed by atoms with van der Waals surface area (Å²) in [7, 11) is 0. The minimum absolute atomic E-state index is 0.0732. The number of hydrogen-bond donors (Lipinski definition) is 1. The fourth-order valence-electron chi connectivity index (χ4n) is 2.62. The Balaban J connectivity index is 1.82. The summed E-state index contributed by atoms with van der Waals surface area (Å²) in [6.07, 6.45) is 2.72. The van der Waals surface area contributed by atoms with Gasteiger partial charge in [-0.05, 0) is 32.6 Å². The van der Waals surface area contributed by atoms with Gasteiger partial charge in [0.2, 0.25) is 0 Å². The highest BCUT2D eigenvalue weighted by Gasteiger charge is 2.36. The predicted octanol–water partition coefficient (Wildman–Crippen LogP) is 0.646. The molecular weight excluding hydrogens is 250 g/mol. The molecule has 3 atom stereocenters. The third kappa shape index (κ3) is 3.45. The number of carbonyl (C=O) groups is 2. The van der Waals surface area contributed by atoms with Gasteiger partial charge in [0.15, 0.2) is 0 Å². The van der Waals surface area contributed by atoms with Gasteiger partial charge in [-0.2, -0.15) is 0 Å². The SMILES string of the molecule is CC(OCC1CCCO1)C(=O)N1CCCC1C(=O)O. The Morgan fingerprint density at radius 1 is 1.42 bits per heavy atom. The fourth-order valence-corrected chi connectivity index (χ4v) is 2.62. The summed E-state index contributed by atoms with van der Waals surface area (Å²) < 4.78 is 10.9. The predicted molar refractivity (Wildman–Crippen MR) is 66.8 cm³/mol. The van der Waals surface area contributed by atoms with Gasteiger partial charge in [-0.15, -0.1) is 0 Å². The van der Waals surface area contributed by atoms with Crippen LogP contribution in [-0.4, -0.2) is 59.9 Å². The van der Waals surface area contributed by atoms with Gasteiger partial charge in [-0.25, -0.2) is 4.79 Å². The van der Waals surface area contributed by atoms with Crippen LogP contribution in [0.5, 0.6) is 0 Å². The molecule has 0 aromatic rings. The van der Waals surface area contributed by atoms with Crippen LogP contribution < -0.4 is 0 Å². The average Bonchev–Trinajstić information content (AvgIpc) is 3.05. The Morgan fingerprint density at radius 2 is 2.21 bits per heavy atom. The van der Waals surface area contributed by atoms with Crippen molar-refractivity contribution >= 4 is 11.9 Å². The maximum absolute atomic E-state index is 12.2. The molecule has 6 nitrogen and oxygen atoms in total. The first kappa shape index (κ1) is 14.3. The number of likely N-dealkylation sites (tertiary alicyclic amines) is 1. The number of rotatable bonds is 5. The molecule has 2 heterocycles. The molecule has 0 bridgehead atoms. The van der Waals surface area contributed by atoms with Gasteiger partial charge in [-0.1, -0.05) is 0 Å². The van der Waals surface area contributed by atoms with Gasteiger partial charge in [0.25, 0.3) is 5.91 Å². The molecule has 2 saturated heterocycles. The second-order valence-corrected chi connectivity index (χ2v) is 5.14. The zero-order valence-corrected chi connectivity index (χ0v) is 11.2. The lowest BCUT2D eigenvalue weighted by atomic mass is 10.2. The Bertz CT molecular complexity index is 340. The highest BCUT2D eigenvalue weighted by Crippen LogP contribution is 2.20. The quantitative estimate of drug-likeness (QED) is 0.794. The van der Waals surface area contributed by atoms with Gasteiger partial charge in [0.05, 0.1) is 12.7 Å². The van der Waals surface area contributed by atoms with E-state index in [-0.39, 0.29) is 12.0 Å². The Hall–Kier alpha value is -1.14. The van der Waals surface area contributed by atoms with Crippen molar-refractivity contribution in [3.8, 4) is 0 Å². The van der Waals surface area contributed by atoms with Crippen molar-refractivity contribution in [2.24, 2.45) is 0 Å². The van der Waals surface area contributed by atoms with E-state index in [1.807, 2.05) is 0 Å². The molecule has 2 fully saturated rings. The smallest absolute Gasteiger partial charge is 0.326 e. The van der Waals surface area contributed by atoms with Crippen molar-refractivity contribution in [1.29, 1.82) is 0 Å². The monoisotopic (exact) mass is 271 g/mol. The first-order valence-electron chi connectivity index (χ1n) is 6.86. The van der Waals surface area contributed by atoms with Crippen molar-refractivity contribution in [3.63, 3.8) is 0 Å². The molecule has 0 spiro atoms. The lowest BCUT2D eigenvalue weighted by Gasteiger charge is -2.25. The van der Waals surface area contributed by atoms with Gasteiger partial charge < -0.3 is 19.5 Å². The van der Waals surface area contributed by atoms with Crippen molar-refractivity contribution in [3.05, 3.63) is 0 Å². The van der Waals surface area contributed by atoms with Crippen LogP contribution in [0, 0.1) is 0 Å². The molecule has 2 aliphatic heterocycles. The van der Waals surface area contributed by atoms with E-state index in [9.17, 15) is 9.59 Å². The van der Waals surface area contributed by atoms with E-state index >= 15 is 0 Å². The van der Waals surface area contributed by atoms with E-state index in [0.29, 0.717) is 19.6 Å². The minimum atomic E-state index is -0.933. The Kier molecular flexibility index (Phi) is 4.76. The van der Waals surface area contributed by atoms with Crippen LogP contribution in [0.25, 0.3) is 0 Å². The van der Waals surface area contributed by atoms with E-state index in [0.717, 1.165) is 25.9 Å². The molecule has 0 aromatic heterocycles. The molecule has 0 aromatic carbocycles. The van der Waals surface area contributed by atoms with Crippen LogP contribution in [0.4, 0.5) is 0 Å². The standard InChI is InChI=1S/C13H21NO5/c1-9(19-8-10-4-3-7-18-10)12(15)14-6-2-5-11(14)13(16)17/h9-11H,2-8H2,1H3,(H,16,17). The molecule has 0 saturated carbocycles. The number of hydrogen-bond acceptors (Lipinski definition) is 4. The van der Waals surface area contributed by atoms with Crippen molar-refractivity contribution < 1.29 is 24.2 Å². The summed E-state index contributed by atoms with van der Waals surface area (Å²) in [4.78, 5) is 24.6. The molecular formula is C13H21NO5. The lowest BCUT2D eigenvalue weighted by molar-refractivity contribution is -0.154. The van der Waals surface area contributed by atoms with Crippen molar-refractivity contribution in [1.82, 2.24) is 4.90 Å². The molecule has 6 heteroatoms. The number of aliphatic carboxylic acids is 1. The maximum atomic E-state index is 12.2. The molecule has 19 heavy (non-hydrogen) atoms. The van der Waals surface area contributed by atoms with Crippen LogP contribution in [0.3, 0.4) is 0 Å². The van der Waals surface area contributed by atoms with Crippen LogP contribution in [0.1, 0.15) is 32.6 Å². The third-order valence-electron chi connectivity index (χ3n) is 3.72. The number of ether oxygens (including phenoxy) is 2. The van der Waals surface area contributed by atoms with Gasteiger partial charge >= 0.3 is 5.97 Å². The topological polar surface area (TPSA) is 76.1 Å². The summed E-state index contributed by atoms with van der Waals surface area (Å²) in [6, 6.07) is -0.693. The lowest BCUT2D eigenvalue weighted by Crippen LogP contribution is -2.45. The van der Waals surface area contributed by atoms with Crippen LogP contribution in [0.2, 0.25) is 0 Å². The first-order valence-corrected chi connectivity index (χ1v) is 6.86. The zero-order chi connectivity index (χ0) is 13.8. The van der Waals surface area contributed by atoms with E-state index in [1.165, 1.54) is 4.90 Å². The number of nitrogens with zero attached hydrogens (tertiary/aromatic N) is 1. The van der Waals surface area contributed by atoms with E-state index in [1.54, 1.807) is 6.92 Å². The second-order valence-electron chi connectivity index (χ2n) is 5.14. The van der Waals surface area contributed by atoms with E-state index in [4.69, 9.17) is 14.6 Å². The average molecular weight is 271 g/mol. The molecule has 0 aliphatic carbocycles.